The van der Waals surface area contributed by atoms with Gasteiger partial charge in [-0.25, -0.2) is 13.4 Å². The molecule has 1 aliphatic carbocycles. The summed E-state index contributed by atoms with van der Waals surface area (Å²) in [5.74, 6) is 1.95. The number of fused-ring (bicyclic) bond motifs is 1. The molecule has 9 heteroatoms. The number of anilines is 2. The van der Waals surface area contributed by atoms with Crippen LogP contribution in [0.3, 0.4) is 0 Å². The van der Waals surface area contributed by atoms with Gasteiger partial charge < -0.3 is 19.3 Å². The zero-order chi connectivity index (χ0) is 24.6. The highest BCUT2D eigenvalue weighted by Gasteiger charge is 2.32. The number of hydrogen-bond donors (Lipinski definition) is 0. The topological polar surface area (TPSA) is 89.0 Å². The highest BCUT2D eigenvalue weighted by Crippen LogP contribution is 2.40. The van der Waals surface area contributed by atoms with Crippen LogP contribution in [0.1, 0.15) is 44.1 Å². The number of carbonyl (C=O) groups is 1. The summed E-state index contributed by atoms with van der Waals surface area (Å²) < 4.78 is 36.1. The zero-order valence-electron chi connectivity index (χ0n) is 20.4. The van der Waals surface area contributed by atoms with Gasteiger partial charge in [0.2, 0.25) is 5.91 Å². The Bertz CT molecular complexity index is 1210. The first-order chi connectivity index (χ1) is 16.8. The normalized spacial score (nSPS) is 20.9. The number of sulfone groups is 1. The fourth-order valence-corrected chi connectivity index (χ4v) is 6.33. The van der Waals surface area contributed by atoms with Gasteiger partial charge in [-0.15, -0.1) is 0 Å². The predicted octanol–water partition coefficient (Wildman–Crippen LogP) is 3.88. The van der Waals surface area contributed by atoms with E-state index in [-0.39, 0.29) is 17.0 Å². The third kappa shape index (κ3) is 5.10. The Balaban J connectivity index is 1.31. The van der Waals surface area contributed by atoms with Crippen LogP contribution in [0, 0.1) is 12.8 Å². The number of likely N-dealkylation sites (tertiary alicyclic amines) is 1. The van der Waals surface area contributed by atoms with Gasteiger partial charge in [0.05, 0.1) is 30.7 Å². The molecule has 3 heterocycles. The van der Waals surface area contributed by atoms with Crippen molar-refractivity contribution in [2.75, 3.05) is 37.4 Å². The number of rotatable bonds is 5. The Morgan fingerprint density at radius 3 is 2.66 bits per heavy atom. The summed E-state index contributed by atoms with van der Waals surface area (Å²) in [5, 5.41) is 0.0976. The summed E-state index contributed by atoms with van der Waals surface area (Å²) in [5.41, 5.74) is 2.27. The summed E-state index contributed by atoms with van der Waals surface area (Å²) in [6.07, 6.45) is 9.14. The van der Waals surface area contributed by atoms with E-state index in [0.717, 1.165) is 61.5 Å². The lowest BCUT2D eigenvalue weighted by Gasteiger charge is -2.32. The smallest absolute Gasteiger partial charge is 0.225 e. The van der Waals surface area contributed by atoms with Crippen molar-refractivity contribution in [3.63, 3.8) is 0 Å². The Morgan fingerprint density at radius 1 is 1.11 bits per heavy atom. The van der Waals surface area contributed by atoms with Crippen molar-refractivity contribution in [1.29, 1.82) is 0 Å². The molecule has 8 nitrogen and oxygen atoms in total. The maximum atomic E-state index is 12.9. The van der Waals surface area contributed by atoms with Crippen molar-refractivity contribution < 1.29 is 22.7 Å². The zero-order valence-corrected chi connectivity index (χ0v) is 21.2. The molecular weight excluding hydrogens is 466 g/mol. The number of aromatic nitrogens is 1. The van der Waals surface area contributed by atoms with Crippen molar-refractivity contribution in [1.82, 2.24) is 9.88 Å². The van der Waals surface area contributed by atoms with Crippen molar-refractivity contribution in [2.24, 2.45) is 5.92 Å². The van der Waals surface area contributed by atoms with Gasteiger partial charge in [-0.2, -0.15) is 0 Å². The van der Waals surface area contributed by atoms with E-state index < -0.39 is 9.84 Å². The van der Waals surface area contributed by atoms with Gasteiger partial charge in [0.25, 0.3) is 0 Å². The van der Waals surface area contributed by atoms with Crippen LogP contribution in [0.25, 0.3) is 0 Å². The second-order valence-corrected chi connectivity index (χ2v) is 11.8. The van der Waals surface area contributed by atoms with Gasteiger partial charge in [-0.3, -0.25) is 4.79 Å². The number of pyridine rings is 1. The minimum Gasteiger partial charge on any atom is -0.490 e. The van der Waals surface area contributed by atoms with E-state index in [1.807, 2.05) is 29.2 Å². The molecule has 1 unspecified atom stereocenters. The van der Waals surface area contributed by atoms with Crippen LogP contribution in [0.5, 0.6) is 11.5 Å². The molecule has 5 rings (SSSR count). The first-order valence-electron chi connectivity index (χ1n) is 12.5. The average Bonchev–Trinajstić information content (AvgIpc) is 3.31. The van der Waals surface area contributed by atoms with Crippen LogP contribution in [0.15, 0.2) is 35.5 Å². The van der Waals surface area contributed by atoms with Crippen molar-refractivity contribution in [2.45, 2.75) is 56.6 Å². The van der Waals surface area contributed by atoms with Crippen LogP contribution in [-0.4, -0.2) is 62.8 Å². The molecule has 0 radical (unpaired) electrons. The quantitative estimate of drug-likeness (QED) is 0.617. The SMILES string of the molecule is Cc1cc(N2CCOc3ccc(OC4CCN(C(=O)C5CCCCC5)C4)cc32)cnc1S(C)(=O)=O. The first-order valence-corrected chi connectivity index (χ1v) is 14.4. The number of ether oxygens (including phenoxy) is 2. The highest BCUT2D eigenvalue weighted by molar-refractivity contribution is 7.90. The molecule has 1 atom stereocenters. The van der Waals surface area contributed by atoms with Crippen LogP contribution in [-0.2, 0) is 14.6 Å². The Kier molecular flexibility index (Phi) is 6.61. The van der Waals surface area contributed by atoms with Crippen LogP contribution in [0.4, 0.5) is 11.4 Å². The molecule has 1 saturated heterocycles. The molecule has 3 aliphatic rings. The number of benzene rings is 1. The molecule has 1 amide bonds. The maximum Gasteiger partial charge on any atom is 0.225 e. The van der Waals surface area contributed by atoms with Crippen LogP contribution in [0.2, 0.25) is 0 Å². The minimum absolute atomic E-state index is 0.0310. The van der Waals surface area contributed by atoms with E-state index in [9.17, 15) is 13.2 Å². The molecule has 1 aromatic carbocycles. The second-order valence-electron chi connectivity index (χ2n) is 9.87. The second kappa shape index (κ2) is 9.68. The molecule has 2 fully saturated rings. The Labute approximate surface area is 207 Å². The van der Waals surface area contributed by atoms with Crippen LogP contribution < -0.4 is 14.4 Å². The third-order valence-electron chi connectivity index (χ3n) is 7.19. The molecule has 0 bridgehead atoms. The summed E-state index contributed by atoms with van der Waals surface area (Å²) in [4.78, 5) is 21.2. The molecule has 2 aromatic rings. The van der Waals surface area contributed by atoms with Gasteiger partial charge in [0.15, 0.2) is 14.9 Å². The minimum atomic E-state index is -3.38. The van der Waals surface area contributed by atoms with Gasteiger partial charge in [-0.05, 0) is 43.5 Å². The lowest BCUT2D eigenvalue weighted by Crippen LogP contribution is -2.36. The fourth-order valence-electron chi connectivity index (χ4n) is 5.45. The first kappa shape index (κ1) is 23.9. The monoisotopic (exact) mass is 499 g/mol. The van der Waals surface area contributed by atoms with E-state index in [1.165, 1.54) is 12.7 Å². The van der Waals surface area contributed by atoms with E-state index in [2.05, 4.69) is 9.88 Å². The number of aryl methyl sites for hydroxylation is 1. The van der Waals surface area contributed by atoms with E-state index in [1.54, 1.807) is 13.1 Å². The molecule has 0 N–H and O–H groups in total. The number of hydrogen-bond acceptors (Lipinski definition) is 7. The Hall–Kier alpha value is -2.81. The number of carbonyl (C=O) groups excluding carboxylic acids is 1. The molecule has 188 valence electrons. The average molecular weight is 500 g/mol. The fraction of sp³-hybridized carbons (Fsp3) is 0.538. The maximum absolute atomic E-state index is 12.9. The van der Waals surface area contributed by atoms with Gasteiger partial charge in [0.1, 0.15) is 24.2 Å². The lowest BCUT2D eigenvalue weighted by atomic mass is 9.88. The third-order valence-corrected chi connectivity index (χ3v) is 8.32. The van der Waals surface area contributed by atoms with E-state index in [4.69, 9.17) is 9.47 Å². The van der Waals surface area contributed by atoms with Crippen molar-refractivity contribution >= 4 is 27.1 Å². The number of nitrogens with zero attached hydrogens (tertiary/aromatic N) is 3. The van der Waals surface area contributed by atoms with E-state index >= 15 is 0 Å². The van der Waals surface area contributed by atoms with Gasteiger partial charge in [0, 0.05) is 31.2 Å². The molecule has 0 spiro atoms. The summed E-state index contributed by atoms with van der Waals surface area (Å²) in [6.45, 7) is 4.26. The lowest BCUT2D eigenvalue weighted by molar-refractivity contribution is -0.135. The molecule has 2 aliphatic heterocycles. The Morgan fingerprint density at radius 2 is 1.91 bits per heavy atom. The standard InChI is InChI=1S/C26H33N3O5S/c1-18-14-20(16-27-25(18)35(2,31)32)29-12-13-33-24-9-8-21(15-23(24)29)34-22-10-11-28(17-22)26(30)19-6-4-3-5-7-19/h8-9,14-16,19,22H,3-7,10-13,17H2,1-2H3. The predicted molar refractivity (Wildman–Crippen MR) is 133 cm³/mol. The van der Waals surface area contributed by atoms with Crippen molar-refractivity contribution in [3.05, 3.63) is 36.0 Å². The molecule has 35 heavy (non-hydrogen) atoms. The van der Waals surface area contributed by atoms with Gasteiger partial charge in [-0.1, -0.05) is 19.3 Å². The largest absolute Gasteiger partial charge is 0.490 e. The van der Waals surface area contributed by atoms with Crippen LogP contribution >= 0.6 is 0 Å². The molecule has 1 saturated carbocycles. The molecular formula is C26H33N3O5S. The molecule has 1 aromatic heterocycles. The summed E-state index contributed by atoms with van der Waals surface area (Å²) in [6, 6.07) is 7.61. The van der Waals surface area contributed by atoms with Gasteiger partial charge >= 0.3 is 0 Å². The number of amides is 1. The van der Waals surface area contributed by atoms with E-state index in [0.29, 0.717) is 31.2 Å². The summed E-state index contributed by atoms with van der Waals surface area (Å²) >= 11 is 0. The van der Waals surface area contributed by atoms with Crippen molar-refractivity contribution in [3.8, 4) is 11.5 Å². The highest BCUT2D eigenvalue weighted by atomic mass is 32.2. The summed E-state index contributed by atoms with van der Waals surface area (Å²) in [7, 11) is -3.38.